The van der Waals surface area contributed by atoms with E-state index in [4.69, 9.17) is 0 Å². The number of fused-ring (bicyclic) bond motifs is 5. The maximum atomic E-state index is 13.5. The van der Waals surface area contributed by atoms with Crippen LogP contribution in [0.1, 0.15) is 57.9 Å². The number of ether oxygens (including phenoxy) is 1. The predicted molar refractivity (Wildman–Crippen MR) is 127 cm³/mol. The molecule has 3 fully saturated rings. The highest BCUT2D eigenvalue weighted by Gasteiger charge is 2.60. The summed E-state index contributed by atoms with van der Waals surface area (Å²) in [6, 6.07) is 2.44. The van der Waals surface area contributed by atoms with Gasteiger partial charge in [0.2, 0.25) is 5.91 Å². The van der Waals surface area contributed by atoms with E-state index in [1.165, 1.54) is 0 Å². The van der Waals surface area contributed by atoms with Crippen LogP contribution in [0.3, 0.4) is 0 Å². The average Bonchev–Trinajstić information content (AvgIpc) is 3.16. The van der Waals surface area contributed by atoms with E-state index < -0.39 is 52.9 Å². The lowest BCUT2D eigenvalue weighted by Crippen LogP contribution is -2.57. The van der Waals surface area contributed by atoms with Crippen LogP contribution < -0.4 is 15.4 Å². The van der Waals surface area contributed by atoms with Gasteiger partial charge in [-0.25, -0.2) is 0 Å². The third-order valence-electron chi connectivity index (χ3n) is 9.83. The van der Waals surface area contributed by atoms with Crippen molar-refractivity contribution in [3.63, 3.8) is 0 Å². The summed E-state index contributed by atoms with van der Waals surface area (Å²) in [6.45, 7) is 4.97. The lowest BCUT2D eigenvalue weighted by Gasteiger charge is -2.58. The van der Waals surface area contributed by atoms with Gasteiger partial charge in [-0.05, 0) is 79.9 Å². The number of hydrogen-bond acceptors (Lipinski definition) is 4. The highest BCUT2D eigenvalue weighted by molar-refractivity contribution is 5.95. The van der Waals surface area contributed by atoms with Crippen molar-refractivity contribution in [2.45, 2.75) is 71.0 Å². The summed E-state index contributed by atoms with van der Waals surface area (Å²) in [5.74, 6) is -1.76. The van der Waals surface area contributed by atoms with Crippen LogP contribution in [-0.4, -0.2) is 30.0 Å². The highest BCUT2D eigenvalue weighted by Crippen LogP contribution is 2.64. The molecule has 7 atom stereocenters. The van der Waals surface area contributed by atoms with Crippen molar-refractivity contribution >= 4 is 11.6 Å². The molecule has 5 rings (SSSR count). The fourth-order valence-corrected chi connectivity index (χ4v) is 8.02. The van der Waals surface area contributed by atoms with Gasteiger partial charge in [0.15, 0.2) is 5.75 Å². The van der Waals surface area contributed by atoms with Crippen LogP contribution in [-0.2, 0) is 11.0 Å². The number of para-hydroxylation sites is 1. The van der Waals surface area contributed by atoms with Gasteiger partial charge in [0.05, 0.1) is 11.8 Å². The Morgan fingerprint density at radius 3 is 2.47 bits per heavy atom. The molecule has 3 aliphatic carbocycles. The molecule has 1 aromatic rings. The molecule has 0 radical (unpaired) electrons. The zero-order valence-electron chi connectivity index (χ0n) is 21.2. The number of rotatable bonds is 3. The Kier molecular flexibility index (Phi) is 6.47. The maximum Gasteiger partial charge on any atom is 0.573 e. The SMILES string of the molecule is C[C@]12CCC3C(CNC4=CC(O)CC[C@@]43C)C1CCC2C(=O)Nc1cccc(C(F)(F)F)c1OC(F)(F)F. The summed E-state index contributed by atoms with van der Waals surface area (Å²) in [5, 5.41) is 16.0. The second kappa shape index (κ2) is 9.06. The molecule has 3 N–H and O–H groups in total. The third-order valence-corrected chi connectivity index (χ3v) is 9.83. The van der Waals surface area contributed by atoms with Gasteiger partial charge in [-0.3, -0.25) is 4.79 Å². The van der Waals surface area contributed by atoms with E-state index in [9.17, 15) is 36.2 Å². The summed E-state index contributed by atoms with van der Waals surface area (Å²) in [5.41, 5.74) is -1.70. The number of nitrogens with one attached hydrogen (secondary N) is 2. The minimum absolute atomic E-state index is 0.0916. The zero-order valence-corrected chi connectivity index (χ0v) is 21.2. The van der Waals surface area contributed by atoms with Gasteiger partial charge < -0.3 is 20.5 Å². The number of alkyl halides is 6. The number of aliphatic hydroxyl groups excluding tert-OH is 1. The number of hydrogen-bond donors (Lipinski definition) is 3. The Hall–Kier alpha value is -2.43. The first-order valence-corrected chi connectivity index (χ1v) is 13.0. The Bertz CT molecular complexity index is 1130. The fraction of sp³-hybridized carbons (Fsp3) is 0.667. The number of benzene rings is 1. The van der Waals surface area contributed by atoms with Crippen LogP contribution in [0.15, 0.2) is 30.0 Å². The van der Waals surface area contributed by atoms with Gasteiger partial charge in [0.25, 0.3) is 0 Å². The van der Waals surface area contributed by atoms with Crippen molar-refractivity contribution in [1.29, 1.82) is 0 Å². The van der Waals surface area contributed by atoms with E-state index >= 15 is 0 Å². The first kappa shape index (κ1) is 27.1. The van der Waals surface area contributed by atoms with Crippen LogP contribution in [0, 0.1) is 34.5 Å². The van der Waals surface area contributed by atoms with Crippen LogP contribution in [0.25, 0.3) is 0 Å². The molecule has 1 aliphatic heterocycles. The highest BCUT2D eigenvalue weighted by atomic mass is 19.4. The third kappa shape index (κ3) is 4.54. The van der Waals surface area contributed by atoms with Gasteiger partial charge in [0.1, 0.15) is 5.56 Å². The van der Waals surface area contributed by atoms with E-state index in [0.717, 1.165) is 43.5 Å². The monoisotopic (exact) mass is 546 g/mol. The smallest absolute Gasteiger partial charge is 0.403 e. The molecular weight excluding hydrogens is 514 g/mol. The van der Waals surface area contributed by atoms with Gasteiger partial charge in [0, 0.05) is 23.6 Å². The van der Waals surface area contributed by atoms with E-state index in [0.29, 0.717) is 31.4 Å². The molecule has 1 heterocycles. The zero-order chi connectivity index (χ0) is 27.7. The number of allylic oxidation sites excluding steroid dienone is 1. The lowest BCUT2D eigenvalue weighted by molar-refractivity contribution is -0.276. The molecule has 5 nitrogen and oxygen atoms in total. The number of amides is 1. The molecule has 1 amide bonds. The minimum atomic E-state index is -5.36. The van der Waals surface area contributed by atoms with Crippen molar-refractivity contribution < 1.29 is 41.0 Å². The molecule has 11 heteroatoms. The molecule has 4 aliphatic rings. The van der Waals surface area contributed by atoms with Gasteiger partial charge >= 0.3 is 12.5 Å². The predicted octanol–water partition coefficient (Wildman–Crippen LogP) is 6.25. The largest absolute Gasteiger partial charge is 0.573 e. The first-order valence-electron chi connectivity index (χ1n) is 13.0. The molecule has 38 heavy (non-hydrogen) atoms. The van der Waals surface area contributed by atoms with Crippen molar-refractivity contribution in [3.05, 3.63) is 35.5 Å². The van der Waals surface area contributed by atoms with E-state index in [2.05, 4.69) is 22.3 Å². The van der Waals surface area contributed by atoms with Crippen molar-refractivity contribution in [2.24, 2.45) is 34.5 Å². The fourth-order valence-electron chi connectivity index (χ4n) is 8.02. The summed E-state index contributed by atoms with van der Waals surface area (Å²) in [7, 11) is 0. The average molecular weight is 547 g/mol. The van der Waals surface area contributed by atoms with Gasteiger partial charge in [-0.1, -0.05) is 19.9 Å². The molecule has 210 valence electrons. The summed E-state index contributed by atoms with van der Waals surface area (Å²) < 4.78 is 83.2. The molecular formula is C27H32F6N2O3. The van der Waals surface area contributed by atoms with Gasteiger partial charge in [-0.15, -0.1) is 13.2 Å². The quantitative estimate of drug-likeness (QED) is 0.392. The number of carbonyl (C=O) groups is 1. The van der Waals surface area contributed by atoms with Crippen LogP contribution in [0.5, 0.6) is 5.75 Å². The number of aliphatic hydroxyl groups is 1. The number of halogens is 6. The summed E-state index contributed by atoms with van der Waals surface area (Å²) >= 11 is 0. The van der Waals surface area contributed by atoms with Crippen molar-refractivity contribution in [3.8, 4) is 5.75 Å². The van der Waals surface area contributed by atoms with Crippen LogP contribution >= 0.6 is 0 Å². The standard InChI is InChI=1S/C27H32F6N2O3/c1-24-11-9-17-15(13-34-21-12-14(36)8-10-25(17,21)2)16(24)6-7-19(24)23(37)35-20-5-3-4-18(26(28,29)30)22(20)38-27(31,32)33/h3-5,12,14-17,19,34,36H,6-11,13H2,1-2H3,(H,35,37)/t14?,15?,16?,17?,19?,24-,25+/m0/s1. The summed E-state index contributed by atoms with van der Waals surface area (Å²) in [4.78, 5) is 13.5. The summed E-state index contributed by atoms with van der Waals surface area (Å²) in [6.07, 6.45) is -4.61. The maximum absolute atomic E-state index is 13.5. The van der Waals surface area contributed by atoms with Crippen molar-refractivity contribution in [2.75, 3.05) is 11.9 Å². The van der Waals surface area contributed by atoms with Gasteiger partial charge in [-0.2, -0.15) is 13.2 Å². The minimum Gasteiger partial charge on any atom is -0.403 e. The molecule has 0 aromatic heterocycles. The Balaban J connectivity index is 1.39. The van der Waals surface area contributed by atoms with Crippen LogP contribution in [0.4, 0.5) is 32.0 Å². The molecule has 0 spiro atoms. The van der Waals surface area contributed by atoms with Crippen molar-refractivity contribution in [1.82, 2.24) is 5.32 Å². The Morgan fingerprint density at radius 2 is 1.79 bits per heavy atom. The molecule has 5 unspecified atom stereocenters. The second-order valence-electron chi connectivity index (χ2n) is 11.8. The van der Waals surface area contributed by atoms with E-state index in [1.807, 2.05) is 13.0 Å². The second-order valence-corrected chi connectivity index (χ2v) is 11.8. The molecule has 0 bridgehead atoms. The molecule has 1 aromatic carbocycles. The lowest BCUT2D eigenvalue weighted by atomic mass is 9.50. The number of anilines is 1. The van der Waals surface area contributed by atoms with E-state index in [1.54, 1.807) is 0 Å². The number of piperidine rings is 1. The topological polar surface area (TPSA) is 70.6 Å². The normalized spacial score (nSPS) is 36.8. The van der Waals surface area contributed by atoms with E-state index in [-0.39, 0.29) is 17.3 Å². The number of carbonyl (C=O) groups excluding carboxylic acids is 1. The Labute approximate surface area is 217 Å². The first-order chi connectivity index (χ1) is 17.6. The molecule has 2 saturated carbocycles. The Morgan fingerprint density at radius 1 is 1.05 bits per heavy atom. The van der Waals surface area contributed by atoms with Crippen LogP contribution in [0.2, 0.25) is 0 Å². The molecule has 1 saturated heterocycles.